The van der Waals surface area contributed by atoms with Crippen molar-refractivity contribution in [3.63, 3.8) is 0 Å². The lowest BCUT2D eigenvalue weighted by atomic mass is 10.2. The molecule has 1 unspecified atom stereocenters. The van der Waals surface area contributed by atoms with Gasteiger partial charge in [-0.1, -0.05) is 17.7 Å². The average Bonchev–Trinajstić information content (AvgIpc) is 3.44. The SMILES string of the molecule is N#Cc1ccc(NC(=O)C2CSCN2C(=O)c2cnn(-c3cccc(Cl)c3)c2)cc1. The average molecular weight is 438 g/mol. The van der Waals surface area contributed by atoms with Gasteiger partial charge in [0.1, 0.15) is 6.04 Å². The number of hydrogen-bond acceptors (Lipinski definition) is 5. The molecule has 0 spiro atoms. The lowest BCUT2D eigenvalue weighted by Crippen LogP contribution is -2.44. The molecule has 0 saturated carbocycles. The van der Waals surface area contributed by atoms with Crippen LogP contribution in [0, 0.1) is 11.3 Å². The Kier molecular flexibility index (Phi) is 5.74. The summed E-state index contributed by atoms with van der Waals surface area (Å²) in [6.07, 6.45) is 3.12. The number of nitriles is 1. The van der Waals surface area contributed by atoms with Gasteiger partial charge in [-0.3, -0.25) is 9.59 Å². The molecule has 4 rings (SSSR count). The van der Waals surface area contributed by atoms with Gasteiger partial charge in [0.25, 0.3) is 5.91 Å². The van der Waals surface area contributed by atoms with Crippen LogP contribution >= 0.6 is 23.4 Å². The van der Waals surface area contributed by atoms with Crippen molar-refractivity contribution < 1.29 is 9.59 Å². The highest BCUT2D eigenvalue weighted by Gasteiger charge is 2.35. The Labute approximate surface area is 182 Å². The van der Waals surface area contributed by atoms with Crippen LogP contribution in [0.15, 0.2) is 60.9 Å². The van der Waals surface area contributed by atoms with Crippen molar-refractivity contribution in [2.75, 3.05) is 16.9 Å². The van der Waals surface area contributed by atoms with Gasteiger partial charge in [0, 0.05) is 22.7 Å². The Bertz CT molecular complexity index is 1140. The van der Waals surface area contributed by atoms with Crippen LogP contribution in [0.5, 0.6) is 0 Å². The maximum Gasteiger partial charge on any atom is 0.258 e. The number of anilines is 1. The van der Waals surface area contributed by atoms with Crippen LogP contribution in [0.25, 0.3) is 5.69 Å². The molecule has 1 aromatic heterocycles. The lowest BCUT2D eigenvalue weighted by molar-refractivity contribution is -0.119. The summed E-state index contributed by atoms with van der Waals surface area (Å²) >= 11 is 7.55. The largest absolute Gasteiger partial charge is 0.324 e. The minimum atomic E-state index is -0.590. The monoisotopic (exact) mass is 437 g/mol. The first kappa shape index (κ1) is 20.0. The molecular weight excluding hydrogens is 422 g/mol. The zero-order valence-corrected chi connectivity index (χ0v) is 17.2. The highest BCUT2D eigenvalue weighted by Crippen LogP contribution is 2.25. The quantitative estimate of drug-likeness (QED) is 0.674. The molecule has 150 valence electrons. The second-order valence-electron chi connectivity index (χ2n) is 6.62. The molecule has 1 atom stereocenters. The van der Waals surface area contributed by atoms with Gasteiger partial charge in [-0.05, 0) is 42.5 Å². The summed E-state index contributed by atoms with van der Waals surface area (Å²) in [5.41, 5.74) is 2.23. The van der Waals surface area contributed by atoms with Crippen LogP contribution in [0.2, 0.25) is 5.02 Å². The van der Waals surface area contributed by atoms with E-state index in [1.54, 1.807) is 52.2 Å². The Morgan fingerprint density at radius 2 is 2.03 bits per heavy atom. The molecule has 1 N–H and O–H groups in total. The summed E-state index contributed by atoms with van der Waals surface area (Å²) in [7, 11) is 0. The van der Waals surface area contributed by atoms with Crippen molar-refractivity contribution in [1.29, 1.82) is 5.26 Å². The molecule has 0 aliphatic carbocycles. The number of aromatic nitrogens is 2. The molecule has 7 nitrogen and oxygen atoms in total. The highest BCUT2D eigenvalue weighted by atomic mass is 35.5. The maximum atomic E-state index is 13.0. The van der Waals surface area contributed by atoms with Crippen molar-refractivity contribution in [2.45, 2.75) is 6.04 Å². The fourth-order valence-electron chi connectivity index (χ4n) is 3.07. The van der Waals surface area contributed by atoms with E-state index in [0.717, 1.165) is 5.69 Å². The molecule has 2 aromatic carbocycles. The fraction of sp³-hybridized carbons (Fsp3) is 0.143. The standard InChI is InChI=1S/C21H16ClN5O2S/c22-16-2-1-3-18(8-16)27-11-15(10-24-27)21(29)26-13-30-12-19(26)20(28)25-17-6-4-14(9-23)5-7-17/h1-8,10-11,19H,12-13H2,(H,25,28). The van der Waals surface area contributed by atoms with Crippen LogP contribution in [0.3, 0.4) is 0 Å². The topological polar surface area (TPSA) is 91.0 Å². The smallest absolute Gasteiger partial charge is 0.258 e. The molecule has 3 aromatic rings. The number of rotatable bonds is 4. The van der Waals surface area contributed by atoms with Gasteiger partial charge in [-0.15, -0.1) is 11.8 Å². The van der Waals surface area contributed by atoms with Crippen molar-refractivity contribution in [2.24, 2.45) is 0 Å². The molecule has 2 amide bonds. The molecule has 30 heavy (non-hydrogen) atoms. The van der Waals surface area contributed by atoms with Crippen molar-refractivity contribution >= 4 is 40.9 Å². The summed E-state index contributed by atoms with van der Waals surface area (Å²) in [6.45, 7) is 0. The third-order valence-electron chi connectivity index (χ3n) is 4.63. The summed E-state index contributed by atoms with van der Waals surface area (Å²) in [4.78, 5) is 27.3. The van der Waals surface area contributed by atoms with Gasteiger partial charge >= 0.3 is 0 Å². The van der Waals surface area contributed by atoms with Gasteiger partial charge < -0.3 is 10.2 Å². The Balaban J connectivity index is 1.48. The van der Waals surface area contributed by atoms with Gasteiger partial charge in [0.05, 0.1) is 35.0 Å². The molecule has 1 aliphatic rings. The summed E-state index contributed by atoms with van der Waals surface area (Å²) < 4.78 is 1.58. The Morgan fingerprint density at radius 3 is 2.77 bits per heavy atom. The van der Waals surface area contributed by atoms with E-state index in [-0.39, 0.29) is 11.8 Å². The molecule has 2 heterocycles. The van der Waals surface area contributed by atoms with Crippen LogP contribution in [-0.2, 0) is 4.79 Å². The number of halogens is 1. The molecule has 9 heteroatoms. The van der Waals surface area contributed by atoms with E-state index in [1.165, 1.54) is 18.0 Å². The molecule has 0 bridgehead atoms. The fourth-order valence-corrected chi connectivity index (χ4v) is 4.41. The number of carbonyl (C=O) groups is 2. The third kappa shape index (κ3) is 4.17. The predicted octanol–water partition coefficient (Wildman–Crippen LogP) is 3.55. The van der Waals surface area contributed by atoms with E-state index in [1.807, 2.05) is 18.2 Å². The second-order valence-corrected chi connectivity index (χ2v) is 8.06. The minimum Gasteiger partial charge on any atom is -0.324 e. The van der Waals surface area contributed by atoms with Gasteiger partial charge in [0.15, 0.2) is 0 Å². The van der Waals surface area contributed by atoms with Gasteiger partial charge in [-0.2, -0.15) is 10.4 Å². The molecule has 0 radical (unpaired) electrons. The van der Waals surface area contributed by atoms with Crippen LogP contribution in [0.1, 0.15) is 15.9 Å². The van der Waals surface area contributed by atoms with Crippen LogP contribution in [0.4, 0.5) is 5.69 Å². The normalized spacial score (nSPS) is 15.6. The first-order chi connectivity index (χ1) is 14.5. The summed E-state index contributed by atoms with van der Waals surface area (Å²) in [6, 6.07) is 15.2. The molecule has 1 saturated heterocycles. The van der Waals surface area contributed by atoms with E-state index in [0.29, 0.717) is 33.5 Å². The van der Waals surface area contributed by atoms with Gasteiger partial charge in [0.2, 0.25) is 5.91 Å². The van der Waals surface area contributed by atoms with E-state index >= 15 is 0 Å². The number of nitrogens with zero attached hydrogens (tertiary/aromatic N) is 4. The van der Waals surface area contributed by atoms with Crippen LogP contribution in [-0.4, -0.2) is 44.2 Å². The van der Waals surface area contributed by atoms with Gasteiger partial charge in [-0.25, -0.2) is 4.68 Å². The number of thioether (sulfide) groups is 1. The number of benzene rings is 2. The Morgan fingerprint density at radius 1 is 1.23 bits per heavy atom. The van der Waals surface area contributed by atoms with Crippen LogP contribution < -0.4 is 5.32 Å². The molecular formula is C21H16ClN5O2S. The van der Waals surface area contributed by atoms with Crippen molar-refractivity contribution in [3.05, 3.63) is 77.1 Å². The zero-order chi connectivity index (χ0) is 21.1. The highest BCUT2D eigenvalue weighted by molar-refractivity contribution is 7.99. The summed E-state index contributed by atoms with van der Waals surface area (Å²) in [5, 5.41) is 16.5. The minimum absolute atomic E-state index is 0.256. The second kappa shape index (κ2) is 8.61. The van der Waals surface area contributed by atoms with E-state index in [4.69, 9.17) is 16.9 Å². The lowest BCUT2D eigenvalue weighted by Gasteiger charge is -2.22. The first-order valence-electron chi connectivity index (χ1n) is 9.05. The van der Waals surface area contributed by atoms with Crippen molar-refractivity contribution in [3.8, 4) is 11.8 Å². The number of carbonyl (C=O) groups excluding carboxylic acids is 2. The maximum absolute atomic E-state index is 13.0. The van der Waals surface area contributed by atoms with E-state index < -0.39 is 6.04 Å². The predicted molar refractivity (Wildman–Crippen MR) is 116 cm³/mol. The number of nitrogens with one attached hydrogen (secondary N) is 1. The number of hydrogen-bond donors (Lipinski definition) is 1. The zero-order valence-electron chi connectivity index (χ0n) is 15.7. The molecule has 1 fully saturated rings. The van der Waals surface area contributed by atoms with E-state index in [2.05, 4.69) is 10.4 Å². The Hall–Kier alpha value is -3.28. The first-order valence-corrected chi connectivity index (χ1v) is 10.6. The van der Waals surface area contributed by atoms with Crippen molar-refractivity contribution in [1.82, 2.24) is 14.7 Å². The third-order valence-corrected chi connectivity index (χ3v) is 5.88. The number of amides is 2. The molecule has 1 aliphatic heterocycles. The van der Waals surface area contributed by atoms with E-state index in [9.17, 15) is 9.59 Å². The summed E-state index contributed by atoms with van der Waals surface area (Å²) in [5.74, 6) is 0.414.